The number of amides is 1. The number of fused-ring (bicyclic) bond motifs is 1. The first-order valence-electron chi connectivity index (χ1n) is 13.3. The van der Waals surface area contributed by atoms with Crippen molar-refractivity contribution in [1.29, 1.82) is 0 Å². The number of aliphatic carboxylic acids is 1. The fraction of sp³-hybridized carbons (Fsp3) is 0.0667. The van der Waals surface area contributed by atoms with Crippen LogP contribution in [-0.4, -0.2) is 58.6 Å². The maximum absolute atomic E-state index is 15.0. The molecule has 46 heavy (non-hydrogen) atoms. The second-order valence-electron chi connectivity index (χ2n) is 9.97. The molecule has 2 heterocycles. The quantitative estimate of drug-likeness (QED) is 0.112. The maximum atomic E-state index is 15.0. The molecular weight excluding hydrogens is 628 g/mol. The standard InChI is InChI=1S/C30H22BF3N4O7S/c32-23-14-19(38-46(44,45)20-6-3-16(4-7-20)17-9-11-35-26(34)13-17)15-24(33)27(23)29(39)37-25(30(40)41)12-18-5-8-22(31(42)43)28-21(18)2-1-10-36-28/h1-11,13-15,25,38,42-43H,12H2,(H,37,39)(H,40,41). The molecule has 0 saturated heterocycles. The molecule has 1 amide bonds. The molecule has 0 radical (unpaired) electrons. The van der Waals surface area contributed by atoms with E-state index in [1.807, 2.05) is 4.72 Å². The zero-order valence-corrected chi connectivity index (χ0v) is 24.2. The molecule has 234 valence electrons. The van der Waals surface area contributed by atoms with E-state index in [4.69, 9.17) is 0 Å². The Kier molecular flexibility index (Phi) is 9.04. The summed E-state index contributed by atoms with van der Waals surface area (Å²) in [6, 6.07) is 13.2. The van der Waals surface area contributed by atoms with Gasteiger partial charge in [-0.25, -0.2) is 27.0 Å². The van der Waals surface area contributed by atoms with E-state index in [-0.39, 0.29) is 22.3 Å². The van der Waals surface area contributed by atoms with Gasteiger partial charge in [0.2, 0.25) is 5.95 Å². The number of rotatable bonds is 10. The molecule has 2 aromatic heterocycles. The number of nitrogens with one attached hydrogen (secondary N) is 2. The first-order valence-corrected chi connectivity index (χ1v) is 14.8. The summed E-state index contributed by atoms with van der Waals surface area (Å²) in [7, 11) is -6.22. The molecule has 0 fully saturated rings. The lowest BCUT2D eigenvalue weighted by Crippen LogP contribution is -2.43. The lowest BCUT2D eigenvalue weighted by atomic mass is 9.77. The summed E-state index contributed by atoms with van der Waals surface area (Å²) in [5.41, 5.74) is -0.183. The van der Waals surface area contributed by atoms with Crippen molar-refractivity contribution in [3.8, 4) is 11.1 Å². The molecule has 16 heteroatoms. The smallest absolute Gasteiger partial charge is 0.480 e. The molecule has 5 rings (SSSR count). The molecule has 0 aliphatic heterocycles. The highest BCUT2D eigenvalue weighted by Crippen LogP contribution is 2.25. The Balaban J connectivity index is 1.34. The highest BCUT2D eigenvalue weighted by molar-refractivity contribution is 7.92. The van der Waals surface area contributed by atoms with Gasteiger partial charge >= 0.3 is 13.1 Å². The van der Waals surface area contributed by atoms with E-state index in [1.54, 1.807) is 6.07 Å². The minimum atomic E-state index is -4.36. The Morgan fingerprint density at radius 2 is 1.57 bits per heavy atom. The van der Waals surface area contributed by atoms with Gasteiger partial charge in [0.1, 0.15) is 23.2 Å². The summed E-state index contributed by atoms with van der Waals surface area (Å²) in [6.45, 7) is 0. The van der Waals surface area contributed by atoms with Crippen molar-refractivity contribution >= 4 is 51.1 Å². The van der Waals surface area contributed by atoms with Crippen LogP contribution in [0.3, 0.4) is 0 Å². The minimum Gasteiger partial charge on any atom is -0.480 e. The van der Waals surface area contributed by atoms with Crippen LogP contribution in [0, 0.1) is 17.6 Å². The fourth-order valence-electron chi connectivity index (χ4n) is 4.76. The van der Waals surface area contributed by atoms with Crippen molar-refractivity contribution in [3.63, 3.8) is 0 Å². The highest BCUT2D eigenvalue weighted by Gasteiger charge is 2.28. The molecular formula is C30H22BF3N4O7S. The van der Waals surface area contributed by atoms with Crippen LogP contribution in [0.25, 0.3) is 22.0 Å². The van der Waals surface area contributed by atoms with Crippen LogP contribution >= 0.6 is 0 Å². The van der Waals surface area contributed by atoms with Crippen molar-refractivity contribution in [1.82, 2.24) is 15.3 Å². The third kappa shape index (κ3) is 6.83. The monoisotopic (exact) mass is 650 g/mol. The van der Waals surface area contributed by atoms with E-state index in [0.29, 0.717) is 34.2 Å². The van der Waals surface area contributed by atoms with Gasteiger partial charge in [-0.05, 0) is 53.1 Å². The van der Waals surface area contributed by atoms with Gasteiger partial charge in [-0.1, -0.05) is 30.3 Å². The van der Waals surface area contributed by atoms with Gasteiger partial charge in [-0.2, -0.15) is 4.39 Å². The van der Waals surface area contributed by atoms with Gasteiger partial charge in [0.25, 0.3) is 15.9 Å². The number of pyridine rings is 2. The maximum Gasteiger partial charge on any atom is 0.490 e. The number of halogens is 3. The van der Waals surface area contributed by atoms with Gasteiger partial charge in [0.15, 0.2) is 0 Å². The number of carboxylic acids is 1. The Labute approximate surface area is 259 Å². The van der Waals surface area contributed by atoms with Crippen LogP contribution in [0.1, 0.15) is 15.9 Å². The Bertz CT molecular complexity index is 2060. The summed E-state index contributed by atoms with van der Waals surface area (Å²) in [6.07, 6.45) is 2.28. The van der Waals surface area contributed by atoms with Crippen LogP contribution < -0.4 is 15.5 Å². The summed E-state index contributed by atoms with van der Waals surface area (Å²) >= 11 is 0. The van der Waals surface area contributed by atoms with Gasteiger partial charge in [0.05, 0.1) is 16.1 Å². The highest BCUT2D eigenvalue weighted by atomic mass is 32.2. The molecule has 0 bridgehead atoms. The molecule has 0 spiro atoms. The Morgan fingerprint density at radius 3 is 2.20 bits per heavy atom. The van der Waals surface area contributed by atoms with Crippen molar-refractivity contribution in [2.24, 2.45) is 0 Å². The van der Waals surface area contributed by atoms with Crippen LogP contribution in [0.4, 0.5) is 18.9 Å². The second-order valence-corrected chi connectivity index (χ2v) is 11.6. The minimum absolute atomic E-state index is 0.0637. The van der Waals surface area contributed by atoms with Gasteiger partial charge in [-0.3, -0.25) is 14.5 Å². The largest absolute Gasteiger partial charge is 0.490 e. The summed E-state index contributed by atoms with van der Waals surface area (Å²) in [4.78, 5) is 32.2. The Morgan fingerprint density at radius 1 is 0.870 bits per heavy atom. The summed E-state index contributed by atoms with van der Waals surface area (Å²) < 4.78 is 71.3. The van der Waals surface area contributed by atoms with E-state index >= 15 is 8.78 Å². The Hall–Kier alpha value is -5.32. The van der Waals surface area contributed by atoms with Crippen molar-refractivity contribution in [2.75, 3.05) is 4.72 Å². The molecule has 1 unspecified atom stereocenters. The second kappa shape index (κ2) is 13.0. The lowest BCUT2D eigenvalue weighted by molar-refractivity contribution is -0.139. The summed E-state index contributed by atoms with van der Waals surface area (Å²) in [5, 5.41) is 31.4. The third-order valence-corrected chi connectivity index (χ3v) is 8.34. The normalized spacial score (nSPS) is 12.0. The van der Waals surface area contributed by atoms with Gasteiger partial charge < -0.3 is 20.5 Å². The number of benzene rings is 3. The molecule has 1 atom stereocenters. The average molecular weight is 650 g/mol. The first kappa shape index (κ1) is 32.1. The molecule has 5 aromatic rings. The number of aromatic nitrogens is 2. The SMILES string of the molecule is O=C(NC(Cc1ccc(B(O)O)c2ncccc12)C(=O)O)c1c(F)cc(NS(=O)(=O)c2ccc(-c3ccnc(F)c3)cc2)cc1F. The van der Waals surface area contributed by atoms with E-state index in [1.165, 1.54) is 60.9 Å². The predicted molar refractivity (Wildman–Crippen MR) is 161 cm³/mol. The third-order valence-electron chi connectivity index (χ3n) is 6.94. The van der Waals surface area contributed by atoms with Crippen LogP contribution in [0.2, 0.25) is 0 Å². The first-order chi connectivity index (χ1) is 21.8. The number of hydrogen-bond donors (Lipinski definition) is 5. The lowest BCUT2D eigenvalue weighted by Gasteiger charge is -2.17. The number of anilines is 1. The van der Waals surface area contributed by atoms with Crippen LogP contribution in [0.5, 0.6) is 0 Å². The van der Waals surface area contributed by atoms with Crippen molar-refractivity contribution in [3.05, 3.63) is 114 Å². The molecule has 0 saturated carbocycles. The number of hydrogen-bond acceptors (Lipinski definition) is 8. The molecule has 0 aliphatic carbocycles. The van der Waals surface area contributed by atoms with Gasteiger partial charge in [-0.15, -0.1) is 0 Å². The zero-order chi connectivity index (χ0) is 33.2. The van der Waals surface area contributed by atoms with Crippen molar-refractivity contribution < 1.29 is 46.3 Å². The predicted octanol–water partition coefficient (Wildman–Crippen LogP) is 2.62. The number of carbonyl (C=O) groups excluding carboxylic acids is 1. The topological polar surface area (TPSA) is 179 Å². The van der Waals surface area contributed by atoms with E-state index in [0.717, 1.165) is 6.07 Å². The molecule has 0 aliphatic rings. The van der Waals surface area contributed by atoms with Crippen molar-refractivity contribution in [2.45, 2.75) is 17.4 Å². The number of carboxylic acid groups (broad SMARTS) is 1. The average Bonchev–Trinajstić information content (AvgIpc) is 3.00. The fourth-order valence-corrected chi connectivity index (χ4v) is 5.80. The number of nitrogens with zero attached hydrogens (tertiary/aromatic N) is 2. The van der Waals surface area contributed by atoms with Gasteiger partial charge in [0, 0.05) is 35.7 Å². The van der Waals surface area contributed by atoms with E-state index in [9.17, 15) is 37.6 Å². The zero-order valence-electron chi connectivity index (χ0n) is 23.4. The molecule has 3 aromatic carbocycles. The summed E-state index contributed by atoms with van der Waals surface area (Å²) in [5.74, 6) is -6.60. The number of carbonyl (C=O) groups is 2. The molecule has 11 nitrogen and oxygen atoms in total. The van der Waals surface area contributed by atoms with E-state index < -0.39 is 63.9 Å². The molecule has 5 N–H and O–H groups in total. The van der Waals surface area contributed by atoms with Crippen LogP contribution in [-0.2, 0) is 21.2 Å². The van der Waals surface area contributed by atoms with Crippen LogP contribution in [0.15, 0.2) is 90.1 Å². The number of sulfonamides is 1. The van der Waals surface area contributed by atoms with E-state index in [2.05, 4.69) is 15.3 Å².